The van der Waals surface area contributed by atoms with Crippen molar-refractivity contribution in [3.8, 4) is 21.8 Å². The highest BCUT2D eigenvalue weighted by molar-refractivity contribution is 9.10. The molecule has 1 aromatic carbocycles. The lowest BCUT2D eigenvalue weighted by molar-refractivity contribution is 1.17. The molecule has 7 heteroatoms. The molecule has 0 N–H and O–H groups in total. The molecule has 0 amide bonds. The molecule has 0 radical (unpaired) electrons. The number of nitrogens with zero attached hydrogens (tertiary/aromatic N) is 4. The Bertz CT molecular complexity index is 1550. The summed E-state index contributed by atoms with van der Waals surface area (Å²) in [5.41, 5.74) is 6.01. The van der Waals surface area contributed by atoms with E-state index in [0.29, 0.717) is 0 Å². The van der Waals surface area contributed by atoms with Gasteiger partial charge in [-0.3, -0.25) is 0 Å². The highest BCUT2D eigenvalue weighted by atomic mass is 79.9. The van der Waals surface area contributed by atoms with E-state index in [0.717, 1.165) is 43.3 Å². The predicted octanol–water partition coefficient (Wildman–Crippen LogP) is 8.10. The smallest absolute Gasteiger partial charge is 0.137 e. The molecule has 0 saturated heterocycles. The second-order valence-electron chi connectivity index (χ2n) is 7.71. The molecule has 5 heterocycles. The van der Waals surface area contributed by atoms with Crippen LogP contribution in [0.15, 0.2) is 89.9 Å². The molecular formula is C26H20BrClN4S. The third-order valence-corrected chi connectivity index (χ3v) is 7.14. The van der Waals surface area contributed by atoms with Crippen molar-refractivity contribution < 1.29 is 0 Å². The number of fused-ring (bicyclic) bond motifs is 2. The van der Waals surface area contributed by atoms with Gasteiger partial charge in [0.2, 0.25) is 0 Å². The van der Waals surface area contributed by atoms with Gasteiger partial charge in [0.15, 0.2) is 0 Å². The molecule has 4 nitrogen and oxygen atoms in total. The fourth-order valence-corrected chi connectivity index (χ4v) is 4.84. The SMILES string of the molecule is Cc1ccc(-c2cn3cc(Br)ccc3n2)cc1Cl.Cc1ccc(-c2cn3ccccc3n2)s1. The van der Waals surface area contributed by atoms with E-state index in [-0.39, 0.29) is 0 Å². The van der Waals surface area contributed by atoms with Gasteiger partial charge in [0, 0.05) is 44.7 Å². The van der Waals surface area contributed by atoms with Crippen molar-refractivity contribution in [1.29, 1.82) is 0 Å². The maximum Gasteiger partial charge on any atom is 0.137 e. The van der Waals surface area contributed by atoms with Gasteiger partial charge in [-0.05, 0) is 77.8 Å². The van der Waals surface area contributed by atoms with Gasteiger partial charge in [-0.2, -0.15) is 0 Å². The average Bonchev–Trinajstić information content (AvgIpc) is 3.53. The Kier molecular flexibility index (Phi) is 6.06. The quantitative estimate of drug-likeness (QED) is 0.224. The Morgan fingerprint density at radius 3 is 2.36 bits per heavy atom. The van der Waals surface area contributed by atoms with Gasteiger partial charge in [0.1, 0.15) is 11.3 Å². The van der Waals surface area contributed by atoms with Crippen molar-refractivity contribution in [2.45, 2.75) is 13.8 Å². The highest BCUT2D eigenvalue weighted by Gasteiger charge is 2.07. The number of imidazole rings is 2. The van der Waals surface area contributed by atoms with Gasteiger partial charge < -0.3 is 8.80 Å². The fourth-order valence-electron chi connectivity index (χ4n) is 3.48. The number of benzene rings is 1. The minimum atomic E-state index is 0.769. The standard InChI is InChI=1S/C14H10BrClN2.C12H10N2S/c1-9-2-3-10(6-12(9)16)13-8-18-7-11(15)4-5-14(18)17-13;1-9-5-6-11(15-9)10-8-14-7-3-2-4-12(14)13-10/h2-8H,1H3;2-8H,1H3. The van der Waals surface area contributed by atoms with Gasteiger partial charge in [-0.1, -0.05) is 29.8 Å². The maximum absolute atomic E-state index is 6.15. The summed E-state index contributed by atoms with van der Waals surface area (Å²) in [4.78, 5) is 11.7. The summed E-state index contributed by atoms with van der Waals surface area (Å²) in [6.07, 6.45) is 8.08. The zero-order chi connectivity index (χ0) is 22.9. The van der Waals surface area contributed by atoms with E-state index in [4.69, 9.17) is 11.6 Å². The normalized spacial score (nSPS) is 11.0. The van der Waals surface area contributed by atoms with Crippen LogP contribution in [0.1, 0.15) is 10.4 Å². The number of halogens is 2. The van der Waals surface area contributed by atoms with Gasteiger partial charge >= 0.3 is 0 Å². The predicted molar refractivity (Wildman–Crippen MR) is 141 cm³/mol. The van der Waals surface area contributed by atoms with E-state index in [9.17, 15) is 0 Å². The van der Waals surface area contributed by atoms with Crippen LogP contribution in [0.5, 0.6) is 0 Å². The first kappa shape index (κ1) is 21.9. The van der Waals surface area contributed by atoms with Crippen LogP contribution < -0.4 is 0 Å². The molecule has 0 saturated carbocycles. The summed E-state index contributed by atoms with van der Waals surface area (Å²) in [7, 11) is 0. The molecule has 0 spiro atoms. The summed E-state index contributed by atoms with van der Waals surface area (Å²) in [6, 6.07) is 20.3. The van der Waals surface area contributed by atoms with Crippen LogP contribution in [0, 0.1) is 13.8 Å². The number of thiophene rings is 1. The monoisotopic (exact) mass is 534 g/mol. The van der Waals surface area contributed by atoms with Crippen LogP contribution in [-0.4, -0.2) is 18.8 Å². The van der Waals surface area contributed by atoms with Crippen molar-refractivity contribution in [3.63, 3.8) is 0 Å². The molecule has 5 aromatic heterocycles. The van der Waals surface area contributed by atoms with Crippen LogP contribution in [0.25, 0.3) is 33.1 Å². The van der Waals surface area contributed by atoms with Gasteiger partial charge in [-0.25, -0.2) is 9.97 Å². The van der Waals surface area contributed by atoms with Crippen LogP contribution in [0.3, 0.4) is 0 Å². The number of hydrogen-bond donors (Lipinski definition) is 0. The molecule has 0 bridgehead atoms. The fraction of sp³-hybridized carbons (Fsp3) is 0.0769. The molecule has 33 heavy (non-hydrogen) atoms. The Labute approximate surface area is 209 Å². The first-order valence-corrected chi connectivity index (χ1v) is 12.4. The van der Waals surface area contributed by atoms with E-state index in [1.54, 1.807) is 11.3 Å². The lowest BCUT2D eigenvalue weighted by Gasteiger charge is -2.00. The number of hydrogen-bond acceptors (Lipinski definition) is 3. The third-order valence-electron chi connectivity index (χ3n) is 5.24. The first-order valence-electron chi connectivity index (χ1n) is 10.4. The summed E-state index contributed by atoms with van der Waals surface area (Å²) >= 11 is 11.4. The number of aryl methyl sites for hydroxylation is 2. The second-order valence-corrected chi connectivity index (χ2v) is 10.3. The van der Waals surface area contributed by atoms with E-state index in [1.165, 1.54) is 9.75 Å². The Morgan fingerprint density at radius 2 is 1.61 bits per heavy atom. The third kappa shape index (κ3) is 4.74. The zero-order valence-corrected chi connectivity index (χ0v) is 21.2. The zero-order valence-electron chi connectivity index (χ0n) is 18.0. The van der Waals surface area contributed by atoms with Crippen LogP contribution in [0.4, 0.5) is 0 Å². The molecule has 6 aromatic rings. The summed E-state index contributed by atoms with van der Waals surface area (Å²) in [5.74, 6) is 0. The van der Waals surface area contributed by atoms with Gasteiger partial charge in [-0.15, -0.1) is 11.3 Å². The Morgan fingerprint density at radius 1 is 0.818 bits per heavy atom. The van der Waals surface area contributed by atoms with Gasteiger partial charge in [0.25, 0.3) is 0 Å². The molecule has 0 atom stereocenters. The van der Waals surface area contributed by atoms with Crippen LogP contribution >= 0.6 is 38.9 Å². The van der Waals surface area contributed by atoms with Crippen LogP contribution in [-0.2, 0) is 0 Å². The number of aromatic nitrogens is 4. The van der Waals surface area contributed by atoms with Crippen molar-refractivity contribution >= 4 is 50.2 Å². The first-order chi connectivity index (χ1) is 16.0. The van der Waals surface area contributed by atoms with Crippen LogP contribution in [0.2, 0.25) is 5.02 Å². The lowest BCUT2D eigenvalue weighted by Crippen LogP contribution is -1.80. The molecule has 0 aliphatic carbocycles. The Hall–Kier alpha value is -2.93. The molecule has 0 aliphatic rings. The number of pyridine rings is 2. The minimum absolute atomic E-state index is 0.769. The molecule has 0 fully saturated rings. The molecule has 0 aliphatic heterocycles. The molecule has 0 unspecified atom stereocenters. The topological polar surface area (TPSA) is 34.6 Å². The van der Waals surface area contributed by atoms with Gasteiger partial charge in [0.05, 0.1) is 16.3 Å². The Balaban J connectivity index is 0.000000140. The molecule has 6 rings (SSSR count). The van der Waals surface area contributed by atoms with E-state index in [2.05, 4.69) is 51.2 Å². The average molecular weight is 536 g/mol. The maximum atomic E-state index is 6.15. The summed E-state index contributed by atoms with van der Waals surface area (Å²) in [5, 5.41) is 0.769. The van der Waals surface area contributed by atoms with E-state index < -0.39 is 0 Å². The van der Waals surface area contributed by atoms with E-state index in [1.807, 2.05) is 82.8 Å². The molecular weight excluding hydrogens is 516 g/mol. The van der Waals surface area contributed by atoms with Crippen molar-refractivity contribution in [3.05, 3.63) is 105 Å². The lowest BCUT2D eigenvalue weighted by atomic mass is 10.1. The largest absolute Gasteiger partial charge is 0.306 e. The summed E-state index contributed by atoms with van der Waals surface area (Å²) in [6.45, 7) is 4.11. The van der Waals surface area contributed by atoms with Crippen molar-refractivity contribution in [2.24, 2.45) is 0 Å². The number of rotatable bonds is 2. The molecule has 164 valence electrons. The van der Waals surface area contributed by atoms with Crippen molar-refractivity contribution in [1.82, 2.24) is 18.8 Å². The minimum Gasteiger partial charge on any atom is -0.306 e. The second kappa shape index (κ2) is 9.14. The van der Waals surface area contributed by atoms with Crippen molar-refractivity contribution in [2.75, 3.05) is 0 Å². The highest BCUT2D eigenvalue weighted by Crippen LogP contribution is 2.27. The van der Waals surface area contributed by atoms with E-state index >= 15 is 0 Å². The summed E-state index contributed by atoms with van der Waals surface area (Å²) < 4.78 is 5.07.